The minimum Gasteiger partial charge on any atom is -0.354 e. The second-order valence-electron chi connectivity index (χ2n) is 4.89. The lowest BCUT2D eigenvalue weighted by atomic mass is 9.90. The summed E-state index contributed by atoms with van der Waals surface area (Å²) < 4.78 is 2.19. The van der Waals surface area contributed by atoms with E-state index in [1.807, 2.05) is 20.9 Å². The molecule has 0 bridgehead atoms. The highest BCUT2D eigenvalue weighted by Gasteiger charge is 2.15. The van der Waals surface area contributed by atoms with Crippen molar-refractivity contribution in [2.75, 3.05) is 7.05 Å². The number of aryl methyl sites for hydroxylation is 1. The smallest absolute Gasteiger partial charge is 0.0683 e. The first-order valence-corrected chi connectivity index (χ1v) is 5.78. The molecule has 0 saturated heterocycles. The topological polar surface area (TPSA) is 40.8 Å². The van der Waals surface area contributed by atoms with Crippen LogP contribution in [0.3, 0.4) is 0 Å². The van der Waals surface area contributed by atoms with Gasteiger partial charge in [0.25, 0.3) is 0 Å². The number of rotatable bonds is 6. The van der Waals surface area contributed by atoms with Gasteiger partial charge in [0.2, 0.25) is 0 Å². The van der Waals surface area contributed by atoms with Gasteiger partial charge in [-0.25, -0.2) is 0 Å². The number of hydrogen-bond donors (Lipinski definition) is 1. The fourth-order valence-corrected chi connectivity index (χ4v) is 1.70. The van der Waals surface area contributed by atoms with Gasteiger partial charge >= 0.3 is 0 Å². The quantitative estimate of drug-likeness (QED) is 0.798. The Hall–Kier alpha value is -1.27. The zero-order valence-electron chi connectivity index (χ0n) is 10.5. The number of nitrogens with one attached hydrogen (secondary N) is 1. The van der Waals surface area contributed by atoms with Gasteiger partial charge in [-0.2, -0.15) is 5.26 Å². The summed E-state index contributed by atoms with van der Waals surface area (Å²) in [5.74, 6) is 0. The van der Waals surface area contributed by atoms with E-state index in [0.717, 1.165) is 25.9 Å². The van der Waals surface area contributed by atoms with Crippen LogP contribution in [0.1, 0.15) is 32.3 Å². The predicted molar refractivity (Wildman–Crippen MR) is 65.8 cm³/mol. The SMILES string of the molecule is CNCc1ccn(CCCC(C)(C)C#N)c1. The average Bonchev–Trinajstić information content (AvgIpc) is 2.66. The molecule has 1 rings (SSSR count). The summed E-state index contributed by atoms with van der Waals surface area (Å²) in [6.07, 6.45) is 6.26. The molecule has 0 atom stereocenters. The van der Waals surface area contributed by atoms with Crippen LogP contribution in [-0.4, -0.2) is 11.6 Å². The lowest BCUT2D eigenvalue weighted by molar-refractivity contribution is 0.416. The Bertz CT molecular complexity index is 357. The second kappa shape index (κ2) is 5.72. The number of nitriles is 1. The fourth-order valence-electron chi connectivity index (χ4n) is 1.70. The molecule has 0 aliphatic rings. The zero-order chi connectivity index (χ0) is 12.0. The molecule has 1 aromatic heterocycles. The van der Waals surface area contributed by atoms with Crippen molar-refractivity contribution in [2.24, 2.45) is 5.41 Å². The van der Waals surface area contributed by atoms with Gasteiger partial charge in [0.05, 0.1) is 11.5 Å². The first-order chi connectivity index (χ1) is 7.57. The van der Waals surface area contributed by atoms with Crippen molar-refractivity contribution in [3.8, 4) is 6.07 Å². The lowest BCUT2D eigenvalue weighted by Gasteiger charge is -2.14. The van der Waals surface area contributed by atoms with Crippen LogP contribution in [0.5, 0.6) is 0 Å². The number of aromatic nitrogens is 1. The van der Waals surface area contributed by atoms with Crippen LogP contribution in [0.25, 0.3) is 0 Å². The molecule has 3 nitrogen and oxygen atoms in total. The molecule has 1 heterocycles. The highest BCUT2D eigenvalue weighted by Crippen LogP contribution is 2.21. The van der Waals surface area contributed by atoms with Crippen LogP contribution in [0.2, 0.25) is 0 Å². The molecule has 1 N–H and O–H groups in total. The van der Waals surface area contributed by atoms with E-state index in [9.17, 15) is 0 Å². The normalized spacial score (nSPS) is 11.4. The maximum atomic E-state index is 8.90. The third-order valence-corrected chi connectivity index (χ3v) is 2.71. The summed E-state index contributed by atoms with van der Waals surface area (Å²) >= 11 is 0. The summed E-state index contributed by atoms with van der Waals surface area (Å²) in [5, 5.41) is 12.0. The molecule has 0 aromatic carbocycles. The van der Waals surface area contributed by atoms with E-state index < -0.39 is 0 Å². The van der Waals surface area contributed by atoms with Crippen molar-refractivity contribution >= 4 is 0 Å². The predicted octanol–water partition coefficient (Wildman–Crippen LogP) is 2.54. The van der Waals surface area contributed by atoms with Gasteiger partial charge in [-0.1, -0.05) is 0 Å². The number of hydrogen-bond acceptors (Lipinski definition) is 2. The Morgan fingerprint density at radius 2 is 2.25 bits per heavy atom. The molecule has 0 amide bonds. The summed E-state index contributed by atoms with van der Waals surface area (Å²) in [6, 6.07) is 4.46. The summed E-state index contributed by atoms with van der Waals surface area (Å²) in [6.45, 7) is 5.90. The van der Waals surface area contributed by atoms with Gasteiger partial charge in [0.15, 0.2) is 0 Å². The van der Waals surface area contributed by atoms with E-state index >= 15 is 0 Å². The molecule has 0 aliphatic heterocycles. The molecule has 0 unspecified atom stereocenters. The van der Waals surface area contributed by atoms with Crippen molar-refractivity contribution < 1.29 is 0 Å². The Morgan fingerprint density at radius 3 is 2.88 bits per heavy atom. The Labute approximate surface area is 98.1 Å². The average molecular weight is 219 g/mol. The van der Waals surface area contributed by atoms with Gasteiger partial charge in [-0.05, 0) is 45.4 Å². The zero-order valence-corrected chi connectivity index (χ0v) is 10.5. The van der Waals surface area contributed by atoms with Crippen molar-refractivity contribution in [2.45, 2.75) is 39.8 Å². The molecular formula is C13H21N3. The molecular weight excluding hydrogens is 198 g/mol. The van der Waals surface area contributed by atoms with E-state index in [2.05, 4.69) is 34.4 Å². The van der Waals surface area contributed by atoms with Crippen molar-refractivity contribution in [3.05, 3.63) is 24.0 Å². The first kappa shape index (κ1) is 12.8. The Morgan fingerprint density at radius 1 is 1.50 bits per heavy atom. The largest absolute Gasteiger partial charge is 0.354 e. The molecule has 0 aliphatic carbocycles. The lowest BCUT2D eigenvalue weighted by Crippen LogP contribution is -2.09. The van der Waals surface area contributed by atoms with E-state index in [1.54, 1.807) is 0 Å². The van der Waals surface area contributed by atoms with Crippen LogP contribution in [0.15, 0.2) is 18.5 Å². The van der Waals surface area contributed by atoms with E-state index in [-0.39, 0.29) is 5.41 Å². The van der Waals surface area contributed by atoms with Crippen LogP contribution in [0.4, 0.5) is 0 Å². The molecule has 3 heteroatoms. The van der Waals surface area contributed by atoms with Gasteiger partial charge < -0.3 is 9.88 Å². The molecule has 0 fully saturated rings. The maximum Gasteiger partial charge on any atom is 0.0683 e. The Kier molecular flexibility index (Phi) is 4.57. The summed E-state index contributed by atoms with van der Waals surface area (Å²) in [7, 11) is 1.95. The van der Waals surface area contributed by atoms with E-state index in [4.69, 9.17) is 5.26 Å². The van der Waals surface area contributed by atoms with Gasteiger partial charge in [0, 0.05) is 25.5 Å². The summed E-state index contributed by atoms with van der Waals surface area (Å²) in [5.41, 5.74) is 1.11. The minimum absolute atomic E-state index is 0.193. The van der Waals surface area contributed by atoms with Gasteiger partial charge in [-0.15, -0.1) is 0 Å². The highest BCUT2D eigenvalue weighted by atomic mass is 14.9. The van der Waals surface area contributed by atoms with Crippen LogP contribution in [0, 0.1) is 16.7 Å². The van der Waals surface area contributed by atoms with E-state index in [1.165, 1.54) is 5.56 Å². The van der Waals surface area contributed by atoms with Crippen LogP contribution >= 0.6 is 0 Å². The second-order valence-corrected chi connectivity index (χ2v) is 4.89. The molecule has 16 heavy (non-hydrogen) atoms. The molecule has 0 saturated carbocycles. The fraction of sp³-hybridized carbons (Fsp3) is 0.615. The highest BCUT2D eigenvalue weighted by molar-refractivity contribution is 5.09. The minimum atomic E-state index is -0.193. The molecule has 0 spiro atoms. The van der Waals surface area contributed by atoms with Crippen molar-refractivity contribution in [1.82, 2.24) is 9.88 Å². The van der Waals surface area contributed by atoms with Crippen molar-refractivity contribution in [3.63, 3.8) is 0 Å². The third kappa shape index (κ3) is 4.08. The summed E-state index contributed by atoms with van der Waals surface area (Å²) in [4.78, 5) is 0. The molecule has 0 radical (unpaired) electrons. The third-order valence-electron chi connectivity index (χ3n) is 2.71. The molecule has 88 valence electrons. The van der Waals surface area contributed by atoms with E-state index in [0.29, 0.717) is 0 Å². The van der Waals surface area contributed by atoms with Gasteiger partial charge in [0.1, 0.15) is 0 Å². The van der Waals surface area contributed by atoms with Gasteiger partial charge in [-0.3, -0.25) is 0 Å². The molecule has 1 aromatic rings. The monoisotopic (exact) mass is 219 g/mol. The Balaban J connectivity index is 2.35. The van der Waals surface area contributed by atoms with Crippen LogP contribution < -0.4 is 5.32 Å². The maximum absolute atomic E-state index is 8.90. The van der Waals surface area contributed by atoms with Crippen LogP contribution in [-0.2, 0) is 13.1 Å². The first-order valence-electron chi connectivity index (χ1n) is 5.78. The van der Waals surface area contributed by atoms with Crippen molar-refractivity contribution in [1.29, 1.82) is 5.26 Å². The number of nitrogens with zero attached hydrogens (tertiary/aromatic N) is 2. The standard InChI is InChI=1S/C13H21N3/c1-13(2,11-14)6-4-7-16-8-5-12(10-16)9-15-3/h5,8,10,15H,4,6-7,9H2,1-3H3.